The van der Waals surface area contributed by atoms with Gasteiger partial charge in [0, 0.05) is 26.7 Å². The molecule has 4 aromatic rings. The normalized spacial score (nSPS) is 14.7. The number of anilines is 1. The molecule has 5 rings (SSSR count). The van der Waals surface area contributed by atoms with Gasteiger partial charge in [-0.25, -0.2) is 4.99 Å². The summed E-state index contributed by atoms with van der Waals surface area (Å²) in [4.78, 5) is 20.7. The van der Waals surface area contributed by atoms with Crippen LogP contribution in [0, 0.1) is 0 Å². The lowest BCUT2D eigenvalue weighted by Gasteiger charge is -2.18. The molecule has 0 aliphatic carbocycles. The van der Waals surface area contributed by atoms with Crippen LogP contribution in [0.1, 0.15) is 10.4 Å². The summed E-state index contributed by atoms with van der Waals surface area (Å²) in [6.07, 6.45) is 1.71. The number of rotatable bonds is 5. The highest BCUT2D eigenvalue weighted by Gasteiger charge is 2.35. The Hall–Kier alpha value is -3.32. The second-order valence-electron chi connectivity index (χ2n) is 7.43. The Morgan fingerprint density at radius 2 is 1.74 bits per heavy atom. The van der Waals surface area contributed by atoms with Gasteiger partial charge in [0.25, 0.3) is 5.91 Å². The van der Waals surface area contributed by atoms with Crippen molar-refractivity contribution in [3.05, 3.63) is 92.9 Å². The summed E-state index contributed by atoms with van der Waals surface area (Å²) in [5.74, 6) is 1.42. The smallest absolute Gasteiger partial charge is 0.282 e. The molecular weight excluding hydrogens is 491 g/mol. The van der Waals surface area contributed by atoms with Gasteiger partial charge in [-0.2, -0.15) is 0 Å². The van der Waals surface area contributed by atoms with Crippen molar-refractivity contribution in [2.75, 3.05) is 19.1 Å². The molecule has 0 N–H and O–H groups in total. The first kappa shape index (κ1) is 22.5. The number of aliphatic imine (C=N–C) groups is 1. The lowest BCUT2D eigenvalue weighted by Crippen LogP contribution is -2.32. The van der Waals surface area contributed by atoms with Crippen molar-refractivity contribution in [1.29, 1.82) is 0 Å². The third kappa shape index (κ3) is 3.94. The first-order valence-electron chi connectivity index (χ1n) is 10.3. The lowest BCUT2D eigenvalue weighted by atomic mass is 10.1. The number of ether oxygens (including phenoxy) is 2. The number of nitrogens with zero attached hydrogens (tertiary/aromatic N) is 2. The highest BCUT2D eigenvalue weighted by atomic mass is 35.5. The van der Waals surface area contributed by atoms with E-state index in [1.165, 1.54) is 11.3 Å². The monoisotopic (exact) mass is 508 g/mol. The van der Waals surface area contributed by atoms with E-state index in [2.05, 4.69) is 0 Å². The summed E-state index contributed by atoms with van der Waals surface area (Å²) >= 11 is 14.4. The Morgan fingerprint density at radius 1 is 0.971 bits per heavy atom. The van der Waals surface area contributed by atoms with E-state index < -0.39 is 0 Å². The zero-order valence-corrected chi connectivity index (χ0v) is 20.5. The highest BCUT2D eigenvalue weighted by molar-refractivity contribution is 7.21. The number of halogens is 2. The van der Waals surface area contributed by atoms with Crippen LogP contribution in [0.4, 0.5) is 5.69 Å². The summed E-state index contributed by atoms with van der Waals surface area (Å²) in [7, 11) is 3.15. The minimum Gasteiger partial charge on any atom is -0.497 e. The zero-order chi connectivity index (χ0) is 23.8. The maximum atomic E-state index is 13.6. The van der Waals surface area contributed by atoms with Crippen LogP contribution in [0.5, 0.6) is 11.5 Å². The Bertz CT molecular complexity index is 1480. The van der Waals surface area contributed by atoms with Crippen LogP contribution < -0.4 is 14.4 Å². The average Bonchev–Trinajstić information content (AvgIpc) is 3.36. The number of carbonyl (C=O) groups is 1. The van der Waals surface area contributed by atoms with Crippen molar-refractivity contribution in [1.82, 2.24) is 0 Å². The molecule has 1 aliphatic rings. The number of hydrogen-bond donors (Lipinski definition) is 0. The maximum Gasteiger partial charge on any atom is 0.282 e. The van der Waals surface area contributed by atoms with E-state index >= 15 is 0 Å². The first-order chi connectivity index (χ1) is 16.5. The van der Waals surface area contributed by atoms with Crippen LogP contribution in [0.25, 0.3) is 16.2 Å². The average molecular weight is 509 g/mol. The first-order valence-corrected chi connectivity index (χ1v) is 11.9. The van der Waals surface area contributed by atoms with Crippen LogP contribution in [-0.2, 0) is 4.79 Å². The van der Waals surface area contributed by atoms with Gasteiger partial charge in [-0.3, -0.25) is 9.69 Å². The second-order valence-corrected chi connectivity index (χ2v) is 9.30. The lowest BCUT2D eigenvalue weighted by molar-refractivity contribution is -0.113. The minimum atomic E-state index is -0.274. The topological polar surface area (TPSA) is 51.1 Å². The molecule has 5 nitrogen and oxygen atoms in total. The molecule has 1 aromatic heterocycles. The molecule has 8 heteroatoms. The van der Waals surface area contributed by atoms with E-state index in [4.69, 9.17) is 37.7 Å². The molecule has 0 bridgehead atoms. The number of methoxy groups -OCH3 is 2. The Labute approximate surface area is 210 Å². The van der Waals surface area contributed by atoms with Crippen molar-refractivity contribution in [2.24, 2.45) is 4.99 Å². The van der Waals surface area contributed by atoms with Gasteiger partial charge in [0.1, 0.15) is 17.2 Å². The van der Waals surface area contributed by atoms with Gasteiger partial charge in [-0.1, -0.05) is 41.4 Å². The fourth-order valence-corrected chi connectivity index (χ4v) is 5.36. The van der Waals surface area contributed by atoms with Crippen molar-refractivity contribution in [3.63, 3.8) is 0 Å². The molecule has 0 unspecified atom stereocenters. The fourth-order valence-electron chi connectivity index (χ4n) is 3.74. The van der Waals surface area contributed by atoms with Gasteiger partial charge in [0.15, 0.2) is 5.84 Å². The number of benzene rings is 3. The SMILES string of the molecule is COc1ccc(/C=C2/N=C(c3sc4ccccc4c3Cl)N(c3ccc(Cl)cc3)C2=O)c(OC)c1. The van der Waals surface area contributed by atoms with E-state index in [-0.39, 0.29) is 11.6 Å². The van der Waals surface area contributed by atoms with Gasteiger partial charge in [-0.15, -0.1) is 11.3 Å². The van der Waals surface area contributed by atoms with E-state index in [0.717, 1.165) is 15.0 Å². The van der Waals surface area contributed by atoms with Gasteiger partial charge in [0.2, 0.25) is 0 Å². The fraction of sp³-hybridized carbons (Fsp3) is 0.0769. The zero-order valence-electron chi connectivity index (χ0n) is 18.2. The van der Waals surface area contributed by atoms with Crippen LogP contribution in [0.15, 0.2) is 77.4 Å². The summed E-state index contributed by atoms with van der Waals surface area (Å²) in [6.45, 7) is 0. The molecule has 2 heterocycles. The minimum absolute atomic E-state index is 0.266. The molecule has 0 radical (unpaired) electrons. The third-order valence-corrected chi connectivity index (χ3v) is 7.34. The van der Waals surface area contributed by atoms with Gasteiger partial charge >= 0.3 is 0 Å². The number of amides is 1. The maximum absolute atomic E-state index is 13.6. The van der Waals surface area contributed by atoms with Crippen molar-refractivity contribution in [3.8, 4) is 11.5 Å². The van der Waals surface area contributed by atoms with Crippen LogP contribution >= 0.6 is 34.5 Å². The van der Waals surface area contributed by atoms with Crippen molar-refractivity contribution >= 4 is 68.1 Å². The molecule has 1 aliphatic heterocycles. The molecule has 0 atom stereocenters. The number of carbonyl (C=O) groups excluding carboxylic acids is 1. The third-order valence-electron chi connectivity index (χ3n) is 5.42. The van der Waals surface area contributed by atoms with E-state index in [9.17, 15) is 4.79 Å². The number of thiophene rings is 1. The summed E-state index contributed by atoms with van der Waals surface area (Å²) in [5.41, 5.74) is 1.61. The standard InChI is InChI=1S/C26H18Cl2N2O3S/c1-32-18-12-7-15(21(14-18)33-2)13-20-26(31)30(17-10-8-16(27)9-11-17)25(29-20)24-23(28)19-5-3-4-6-22(19)34-24/h3-14H,1-2H3/b20-13+. The molecule has 0 fully saturated rings. The summed E-state index contributed by atoms with van der Waals surface area (Å²) in [5, 5.41) is 2.06. The predicted molar refractivity (Wildman–Crippen MR) is 140 cm³/mol. The van der Waals surface area contributed by atoms with E-state index in [1.807, 2.05) is 30.3 Å². The number of amidine groups is 1. The predicted octanol–water partition coefficient (Wildman–Crippen LogP) is 7.06. The van der Waals surface area contributed by atoms with Crippen LogP contribution in [0.3, 0.4) is 0 Å². The van der Waals surface area contributed by atoms with E-state index in [1.54, 1.807) is 61.6 Å². The van der Waals surface area contributed by atoms with Crippen molar-refractivity contribution in [2.45, 2.75) is 0 Å². The van der Waals surface area contributed by atoms with Gasteiger partial charge in [0.05, 0.1) is 29.8 Å². The van der Waals surface area contributed by atoms with Gasteiger partial charge < -0.3 is 9.47 Å². The molecule has 1 amide bonds. The van der Waals surface area contributed by atoms with Crippen LogP contribution in [0.2, 0.25) is 10.0 Å². The Morgan fingerprint density at radius 3 is 2.44 bits per heavy atom. The molecule has 170 valence electrons. The molecule has 3 aromatic carbocycles. The quantitative estimate of drug-likeness (QED) is 0.271. The highest BCUT2D eigenvalue weighted by Crippen LogP contribution is 2.40. The van der Waals surface area contributed by atoms with E-state index in [0.29, 0.717) is 38.6 Å². The molecule has 0 saturated carbocycles. The molecule has 34 heavy (non-hydrogen) atoms. The molecule has 0 saturated heterocycles. The molecule has 0 spiro atoms. The number of fused-ring (bicyclic) bond motifs is 1. The van der Waals surface area contributed by atoms with Gasteiger partial charge in [-0.05, 0) is 48.5 Å². The second kappa shape index (κ2) is 9.14. The largest absolute Gasteiger partial charge is 0.497 e. The summed E-state index contributed by atoms with van der Waals surface area (Å²) < 4.78 is 11.8. The Balaban J connectivity index is 1.68. The summed E-state index contributed by atoms with van der Waals surface area (Å²) in [6, 6.07) is 20.3. The Kier molecular flexibility index (Phi) is 6.04. The molecular formula is C26H18Cl2N2O3S. The van der Waals surface area contributed by atoms with Crippen LogP contribution in [-0.4, -0.2) is 26.0 Å². The van der Waals surface area contributed by atoms with Crippen molar-refractivity contribution < 1.29 is 14.3 Å². The number of hydrogen-bond acceptors (Lipinski definition) is 5.